The van der Waals surface area contributed by atoms with Crippen molar-refractivity contribution >= 4 is 28.2 Å². The van der Waals surface area contributed by atoms with Gasteiger partial charge in [-0.3, -0.25) is 14.2 Å². The minimum absolute atomic E-state index is 0.0574. The molecule has 1 aliphatic heterocycles. The predicted octanol–water partition coefficient (Wildman–Crippen LogP) is 5.87. The van der Waals surface area contributed by atoms with E-state index in [0.29, 0.717) is 10.4 Å². The molecule has 1 atom stereocenters. The van der Waals surface area contributed by atoms with E-state index >= 15 is 0 Å². The molecule has 0 amide bonds. The molecule has 1 aromatic heterocycles. The average molecular weight is 400 g/mol. The Bertz CT molecular complexity index is 1340. The van der Waals surface area contributed by atoms with E-state index < -0.39 is 0 Å². The monoisotopic (exact) mass is 399 g/mol. The van der Waals surface area contributed by atoms with Crippen LogP contribution in [0.25, 0.3) is 33.2 Å². The highest BCUT2D eigenvalue weighted by Crippen LogP contribution is 2.47. The molecule has 5 rings (SSSR count). The van der Waals surface area contributed by atoms with Crippen molar-refractivity contribution in [1.82, 2.24) is 4.57 Å². The first-order valence-electron chi connectivity index (χ1n) is 9.58. The molecule has 4 heteroatoms. The summed E-state index contributed by atoms with van der Waals surface area (Å²) < 4.78 is 1.81. The predicted molar refractivity (Wildman–Crippen MR) is 118 cm³/mol. The Morgan fingerprint density at radius 1 is 0.966 bits per heavy atom. The minimum atomic E-state index is -0.297. The van der Waals surface area contributed by atoms with E-state index in [4.69, 9.17) is 11.6 Å². The summed E-state index contributed by atoms with van der Waals surface area (Å²) in [7, 11) is 0. The smallest absolute Gasteiger partial charge is 0.259 e. The third kappa shape index (κ3) is 2.73. The molecule has 0 spiro atoms. The molecule has 1 aliphatic rings. The molecule has 2 heterocycles. The summed E-state index contributed by atoms with van der Waals surface area (Å²) in [6, 6.07) is 23.1. The van der Waals surface area contributed by atoms with Crippen LogP contribution in [0.3, 0.4) is 0 Å². The molecule has 0 saturated heterocycles. The standard InChI is InChI=1S/C25H18ClNO2/c1-15(28)13-22-18-9-5-6-10-19(18)24-23(16-7-3-2-4-8-16)21-14-17(26)11-12-20(21)25(29)27(22)24/h2-12,14,22H,13H2,1H3. The lowest BCUT2D eigenvalue weighted by molar-refractivity contribution is -0.117. The minimum Gasteiger partial charge on any atom is -0.300 e. The van der Waals surface area contributed by atoms with Crippen LogP contribution in [-0.4, -0.2) is 10.4 Å². The van der Waals surface area contributed by atoms with Crippen molar-refractivity contribution in [2.45, 2.75) is 19.4 Å². The summed E-state index contributed by atoms with van der Waals surface area (Å²) in [5, 5.41) is 2.03. The van der Waals surface area contributed by atoms with E-state index in [1.807, 2.05) is 65.2 Å². The number of hydrogen-bond donors (Lipinski definition) is 0. The number of hydrogen-bond acceptors (Lipinski definition) is 2. The number of carbonyl (C=O) groups excluding carboxylic acids is 1. The number of rotatable bonds is 3. The molecule has 0 N–H and O–H groups in total. The fourth-order valence-electron chi connectivity index (χ4n) is 4.46. The van der Waals surface area contributed by atoms with Gasteiger partial charge in [-0.15, -0.1) is 0 Å². The van der Waals surface area contributed by atoms with Gasteiger partial charge >= 0.3 is 0 Å². The van der Waals surface area contributed by atoms with Crippen molar-refractivity contribution in [3.8, 4) is 22.4 Å². The molecule has 29 heavy (non-hydrogen) atoms. The van der Waals surface area contributed by atoms with Crippen LogP contribution in [0.5, 0.6) is 0 Å². The first kappa shape index (κ1) is 17.9. The molecular weight excluding hydrogens is 382 g/mol. The summed E-state index contributed by atoms with van der Waals surface area (Å²) in [5.41, 5.74) is 4.77. The van der Waals surface area contributed by atoms with Crippen molar-refractivity contribution in [2.24, 2.45) is 0 Å². The normalized spacial score (nSPS) is 14.6. The van der Waals surface area contributed by atoms with Crippen molar-refractivity contribution in [3.05, 3.63) is 93.7 Å². The first-order chi connectivity index (χ1) is 14.1. The van der Waals surface area contributed by atoms with E-state index in [1.165, 1.54) is 0 Å². The Balaban J connectivity index is 2.00. The van der Waals surface area contributed by atoms with Crippen LogP contribution in [0.4, 0.5) is 0 Å². The molecule has 0 aliphatic carbocycles. The van der Waals surface area contributed by atoms with Gasteiger partial charge in [0.05, 0.1) is 11.7 Å². The molecule has 0 bridgehead atoms. The highest BCUT2D eigenvalue weighted by molar-refractivity contribution is 6.31. The third-order valence-electron chi connectivity index (χ3n) is 5.61. The van der Waals surface area contributed by atoms with Crippen molar-refractivity contribution in [2.75, 3.05) is 0 Å². The lowest BCUT2D eigenvalue weighted by Crippen LogP contribution is -2.25. The van der Waals surface area contributed by atoms with Gasteiger partial charge < -0.3 is 0 Å². The van der Waals surface area contributed by atoms with Gasteiger partial charge in [0, 0.05) is 28.0 Å². The van der Waals surface area contributed by atoms with Crippen molar-refractivity contribution < 1.29 is 4.79 Å². The molecule has 1 unspecified atom stereocenters. The third-order valence-corrected chi connectivity index (χ3v) is 5.84. The fraction of sp³-hybridized carbons (Fsp3) is 0.120. The quantitative estimate of drug-likeness (QED) is 0.432. The van der Waals surface area contributed by atoms with E-state index in [9.17, 15) is 9.59 Å². The second kappa shape index (κ2) is 6.71. The van der Waals surface area contributed by atoms with Gasteiger partial charge in [0.2, 0.25) is 0 Å². The van der Waals surface area contributed by atoms with E-state index in [0.717, 1.165) is 33.3 Å². The number of ketones is 1. The van der Waals surface area contributed by atoms with Crippen LogP contribution in [0, 0.1) is 0 Å². The zero-order valence-corrected chi connectivity index (χ0v) is 16.6. The Hall–Kier alpha value is -3.17. The molecule has 0 fully saturated rings. The van der Waals surface area contributed by atoms with E-state index in [-0.39, 0.29) is 23.8 Å². The van der Waals surface area contributed by atoms with Crippen LogP contribution in [0.2, 0.25) is 5.02 Å². The van der Waals surface area contributed by atoms with Crippen LogP contribution >= 0.6 is 11.6 Å². The van der Waals surface area contributed by atoms with Crippen LogP contribution in [-0.2, 0) is 4.79 Å². The Kier molecular flexibility index (Phi) is 4.14. The number of halogens is 1. The maximum atomic E-state index is 13.6. The van der Waals surface area contributed by atoms with Gasteiger partial charge in [-0.2, -0.15) is 0 Å². The molecule has 4 aromatic rings. The van der Waals surface area contributed by atoms with Gasteiger partial charge in [0.15, 0.2) is 0 Å². The zero-order chi connectivity index (χ0) is 20.1. The summed E-state index contributed by atoms with van der Waals surface area (Å²) in [5.74, 6) is 0.0574. The highest BCUT2D eigenvalue weighted by Gasteiger charge is 2.33. The van der Waals surface area contributed by atoms with Crippen LogP contribution in [0.15, 0.2) is 77.6 Å². The molecule has 3 nitrogen and oxygen atoms in total. The van der Waals surface area contributed by atoms with Crippen molar-refractivity contribution in [1.29, 1.82) is 0 Å². The summed E-state index contributed by atoms with van der Waals surface area (Å²) in [6.07, 6.45) is 0.289. The van der Waals surface area contributed by atoms with Crippen molar-refractivity contribution in [3.63, 3.8) is 0 Å². The molecule has 3 aromatic carbocycles. The molecule has 0 radical (unpaired) electrons. The van der Waals surface area contributed by atoms with Gasteiger partial charge in [-0.25, -0.2) is 0 Å². The van der Waals surface area contributed by atoms with E-state index in [2.05, 4.69) is 0 Å². The summed E-state index contributed by atoms with van der Waals surface area (Å²) in [6.45, 7) is 1.57. The van der Waals surface area contributed by atoms with Crippen LogP contribution in [0.1, 0.15) is 24.9 Å². The first-order valence-corrected chi connectivity index (χ1v) is 9.96. The van der Waals surface area contributed by atoms with E-state index in [1.54, 1.807) is 19.1 Å². The maximum absolute atomic E-state index is 13.6. The van der Waals surface area contributed by atoms with Gasteiger partial charge in [0.1, 0.15) is 5.78 Å². The number of aromatic nitrogens is 1. The largest absolute Gasteiger partial charge is 0.300 e. The molecular formula is C25H18ClNO2. The second-order valence-electron chi connectivity index (χ2n) is 7.46. The number of carbonyl (C=O) groups is 1. The lowest BCUT2D eigenvalue weighted by Gasteiger charge is -2.19. The Morgan fingerprint density at radius 3 is 2.45 bits per heavy atom. The van der Waals surface area contributed by atoms with Gasteiger partial charge in [-0.1, -0.05) is 66.2 Å². The van der Waals surface area contributed by atoms with Crippen LogP contribution < -0.4 is 5.56 Å². The number of Topliss-reactive ketones (excluding diaryl/α,β-unsaturated/α-hetero) is 1. The number of nitrogens with zero attached hydrogens (tertiary/aromatic N) is 1. The molecule has 0 saturated carbocycles. The highest BCUT2D eigenvalue weighted by atomic mass is 35.5. The van der Waals surface area contributed by atoms with Gasteiger partial charge in [0.25, 0.3) is 5.56 Å². The lowest BCUT2D eigenvalue weighted by atomic mass is 9.93. The zero-order valence-electron chi connectivity index (χ0n) is 15.9. The van der Waals surface area contributed by atoms with Gasteiger partial charge in [-0.05, 0) is 41.6 Å². The number of benzene rings is 3. The number of pyridine rings is 1. The topological polar surface area (TPSA) is 39.1 Å². The molecule has 142 valence electrons. The summed E-state index contributed by atoms with van der Waals surface area (Å²) >= 11 is 6.33. The average Bonchev–Trinajstić information content (AvgIpc) is 3.03. The Morgan fingerprint density at radius 2 is 1.69 bits per heavy atom. The second-order valence-corrected chi connectivity index (χ2v) is 7.90. The fourth-order valence-corrected chi connectivity index (χ4v) is 4.64. The summed E-state index contributed by atoms with van der Waals surface area (Å²) in [4.78, 5) is 25.6. The SMILES string of the molecule is CC(=O)CC1c2ccccc2-c2c(-c3ccccc3)c3cc(Cl)ccc3c(=O)n21. The number of fused-ring (bicyclic) bond motifs is 4. The Labute approximate surface area is 173 Å². The maximum Gasteiger partial charge on any atom is 0.259 e.